The lowest BCUT2D eigenvalue weighted by atomic mass is 9.95. The van der Waals surface area contributed by atoms with Crippen molar-refractivity contribution in [2.45, 2.75) is 25.8 Å². The molecule has 2 nitrogen and oxygen atoms in total. The van der Waals surface area contributed by atoms with Crippen molar-refractivity contribution in [3.63, 3.8) is 0 Å². The molecule has 0 spiro atoms. The molecule has 0 saturated heterocycles. The topological polar surface area (TPSA) is 38.0 Å². The average Bonchev–Trinajstić information content (AvgIpc) is 2.42. The normalized spacial score (nSPS) is 12.7. The van der Waals surface area contributed by atoms with E-state index in [4.69, 9.17) is 17.4 Å². The molecule has 0 aliphatic carbocycles. The molecule has 0 bridgehead atoms. The van der Waals surface area contributed by atoms with Crippen molar-refractivity contribution in [1.82, 2.24) is 5.43 Å². The van der Waals surface area contributed by atoms with Crippen LogP contribution in [0.4, 0.5) is 4.39 Å². The van der Waals surface area contributed by atoms with E-state index in [1.807, 2.05) is 12.1 Å². The molecule has 2 aromatic carbocycles. The highest BCUT2D eigenvalue weighted by Gasteiger charge is 2.16. The van der Waals surface area contributed by atoms with Crippen LogP contribution in [0.2, 0.25) is 5.02 Å². The highest BCUT2D eigenvalue weighted by atomic mass is 35.5. The Morgan fingerprint density at radius 3 is 2.15 bits per heavy atom. The Hall–Kier alpha value is -1.42. The standard InChI is InChI=1S/C16H18ClFN2/c1-10(2)11-3-5-12(6-4-11)16(20-19)14-8-7-13(18)9-15(14)17/h3-10,16,20H,19H2,1-2H3. The Morgan fingerprint density at radius 1 is 1.05 bits per heavy atom. The van der Waals surface area contributed by atoms with Gasteiger partial charge in [0.2, 0.25) is 0 Å². The Kier molecular flexibility index (Phi) is 4.76. The number of hydrogen-bond donors (Lipinski definition) is 2. The zero-order valence-corrected chi connectivity index (χ0v) is 12.3. The van der Waals surface area contributed by atoms with E-state index in [2.05, 4.69) is 31.4 Å². The lowest BCUT2D eigenvalue weighted by Gasteiger charge is -2.19. The van der Waals surface area contributed by atoms with Crippen LogP contribution in [0.5, 0.6) is 0 Å². The third kappa shape index (κ3) is 3.18. The minimum Gasteiger partial charge on any atom is -0.271 e. The van der Waals surface area contributed by atoms with Crippen molar-refractivity contribution in [3.8, 4) is 0 Å². The zero-order chi connectivity index (χ0) is 14.7. The first-order valence-electron chi connectivity index (χ1n) is 6.54. The molecule has 0 fully saturated rings. The SMILES string of the molecule is CC(C)c1ccc(C(NN)c2ccc(F)cc2Cl)cc1. The Balaban J connectivity index is 2.36. The van der Waals surface area contributed by atoms with Crippen molar-refractivity contribution in [2.75, 3.05) is 0 Å². The van der Waals surface area contributed by atoms with Crippen LogP contribution in [0.3, 0.4) is 0 Å². The summed E-state index contributed by atoms with van der Waals surface area (Å²) in [5.74, 6) is 5.76. The van der Waals surface area contributed by atoms with Gasteiger partial charge in [0.1, 0.15) is 5.82 Å². The Morgan fingerprint density at radius 2 is 1.65 bits per heavy atom. The first-order valence-corrected chi connectivity index (χ1v) is 6.91. The molecule has 3 N–H and O–H groups in total. The molecule has 0 aliphatic rings. The van der Waals surface area contributed by atoms with E-state index in [0.29, 0.717) is 10.9 Å². The van der Waals surface area contributed by atoms with Crippen LogP contribution in [0.25, 0.3) is 0 Å². The van der Waals surface area contributed by atoms with E-state index >= 15 is 0 Å². The summed E-state index contributed by atoms with van der Waals surface area (Å²) in [6, 6.07) is 12.2. The maximum absolute atomic E-state index is 13.1. The quantitative estimate of drug-likeness (QED) is 0.656. The summed E-state index contributed by atoms with van der Waals surface area (Å²) in [6.45, 7) is 4.29. The minimum atomic E-state index is -0.357. The molecule has 2 rings (SSSR count). The van der Waals surface area contributed by atoms with E-state index in [0.717, 1.165) is 11.1 Å². The molecule has 0 aromatic heterocycles. The number of nitrogens with one attached hydrogen (secondary N) is 1. The van der Waals surface area contributed by atoms with Crippen LogP contribution >= 0.6 is 11.6 Å². The molecule has 1 atom stereocenters. The summed E-state index contributed by atoms with van der Waals surface area (Å²) in [4.78, 5) is 0. The maximum atomic E-state index is 13.1. The van der Waals surface area contributed by atoms with Crippen molar-refractivity contribution >= 4 is 11.6 Å². The molecule has 20 heavy (non-hydrogen) atoms. The second kappa shape index (κ2) is 6.35. The second-order valence-corrected chi connectivity index (χ2v) is 5.49. The molecule has 4 heteroatoms. The van der Waals surface area contributed by atoms with Gasteiger partial charge in [-0.3, -0.25) is 5.84 Å². The zero-order valence-electron chi connectivity index (χ0n) is 11.5. The van der Waals surface area contributed by atoms with Crippen LogP contribution in [-0.4, -0.2) is 0 Å². The molecule has 1 unspecified atom stereocenters. The van der Waals surface area contributed by atoms with E-state index in [-0.39, 0.29) is 11.9 Å². The van der Waals surface area contributed by atoms with Crippen molar-refractivity contribution in [2.24, 2.45) is 5.84 Å². The summed E-state index contributed by atoms with van der Waals surface area (Å²) in [5.41, 5.74) is 5.74. The van der Waals surface area contributed by atoms with Crippen LogP contribution in [0, 0.1) is 5.82 Å². The molecule has 106 valence electrons. The van der Waals surface area contributed by atoms with Gasteiger partial charge >= 0.3 is 0 Å². The lowest BCUT2D eigenvalue weighted by Crippen LogP contribution is -2.29. The van der Waals surface area contributed by atoms with Gasteiger partial charge in [0, 0.05) is 5.02 Å². The first kappa shape index (κ1) is 15.0. The predicted octanol–water partition coefficient (Wildman–Crippen LogP) is 4.16. The van der Waals surface area contributed by atoms with Gasteiger partial charge in [-0.1, -0.05) is 55.8 Å². The number of halogens is 2. The average molecular weight is 293 g/mol. The molecule has 0 radical (unpaired) electrons. The van der Waals surface area contributed by atoms with Gasteiger partial charge in [-0.05, 0) is 34.7 Å². The molecule has 0 amide bonds. The van der Waals surface area contributed by atoms with Crippen LogP contribution < -0.4 is 11.3 Å². The third-order valence-electron chi connectivity index (χ3n) is 3.38. The lowest BCUT2D eigenvalue weighted by molar-refractivity contribution is 0.615. The number of hydrazine groups is 1. The molecule has 0 heterocycles. The van der Waals surface area contributed by atoms with Crippen molar-refractivity contribution in [3.05, 3.63) is 70.0 Å². The highest BCUT2D eigenvalue weighted by molar-refractivity contribution is 6.31. The molecular formula is C16H18ClFN2. The maximum Gasteiger partial charge on any atom is 0.124 e. The predicted molar refractivity (Wildman–Crippen MR) is 81.1 cm³/mol. The largest absolute Gasteiger partial charge is 0.271 e. The monoisotopic (exact) mass is 292 g/mol. The molecule has 2 aromatic rings. The number of benzene rings is 2. The van der Waals surface area contributed by atoms with Gasteiger partial charge in [0.25, 0.3) is 0 Å². The van der Waals surface area contributed by atoms with E-state index in [9.17, 15) is 4.39 Å². The van der Waals surface area contributed by atoms with E-state index in [1.165, 1.54) is 17.7 Å². The van der Waals surface area contributed by atoms with Crippen molar-refractivity contribution < 1.29 is 4.39 Å². The van der Waals surface area contributed by atoms with Crippen molar-refractivity contribution in [1.29, 1.82) is 0 Å². The number of nitrogens with two attached hydrogens (primary N) is 1. The summed E-state index contributed by atoms with van der Waals surface area (Å²) in [7, 11) is 0. The highest BCUT2D eigenvalue weighted by Crippen LogP contribution is 2.29. The van der Waals surface area contributed by atoms with Gasteiger partial charge in [0.05, 0.1) is 6.04 Å². The van der Waals surface area contributed by atoms with Gasteiger partial charge < -0.3 is 0 Å². The summed E-state index contributed by atoms with van der Waals surface area (Å²) in [5, 5.41) is 0.362. The fourth-order valence-corrected chi connectivity index (χ4v) is 2.45. The minimum absolute atomic E-state index is 0.260. The second-order valence-electron chi connectivity index (χ2n) is 5.09. The molecule has 0 saturated carbocycles. The smallest absolute Gasteiger partial charge is 0.124 e. The summed E-state index contributed by atoms with van der Waals surface area (Å²) < 4.78 is 13.1. The van der Waals surface area contributed by atoms with Crippen LogP contribution in [0.1, 0.15) is 42.5 Å². The number of hydrogen-bond acceptors (Lipinski definition) is 2. The van der Waals surface area contributed by atoms with Crippen LogP contribution in [-0.2, 0) is 0 Å². The molecular weight excluding hydrogens is 275 g/mol. The fraction of sp³-hybridized carbons (Fsp3) is 0.250. The van der Waals surface area contributed by atoms with Gasteiger partial charge in [-0.25, -0.2) is 9.82 Å². The first-order chi connectivity index (χ1) is 9.52. The molecule has 0 aliphatic heterocycles. The van der Waals surface area contributed by atoms with Gasteiger partial charge in [-0.2, -0.15) is 0 Å². The number of rotatable bonds is 4. The van der Waals surface area contributed by atoms with Gasteiger partial charge in [-0.15, -0.1) is 0 Å². The van der Waals surface area contributed by atoms with E-state index < -0.39 is 0 Å². The fourth-order valence-electron chi connectivity index (χ4n) is 2.17. The van der Waals surface area contributed by atoms with E-state index in [1.54, 1.807) is 6.07 Å². The Labute approximate surface area is 123 Å². The summed E-state index contributed by atoms with van der Waals surface area (Å²) in [6.07, 6.45) is 0. The Bertz CT molecular complexity index is 582. The summed E-state index contributed by atoms with van der Waals surface area (Å²) >= 11 is 6.10. The third-order valence-corrected chi connectivity index (χ3v) is 3.70. The van der Waals surface area contributed by atoms with Gasteiger partial charge in [0.15, 0.2) is 0 Å². The van der Waals surface area contributed by atoms with Crippen LogP contribution in [0.15, 0.2) is 42.5 Å².